The maximum atomic E-state index is 5.90. The average molecular weight is 725 g/mol. The van der Waals surface area contributed by atoms with Crippen LogP contribution >= 0.6 is 0 Å². The minimum absolute atomic E-state index is 0.129. The van der Waals surface area contributed by atoms with Crippen LogP contribution in [0.15, 0.2) is 66.2 Å². The topological polar surface area (TPSA) is 9.23 Å². The molecule has 0 bridgehead atoms. The Bertz CT molecular complexity index is 1960. The van der Waals surface area contributed by atoms with Gasteiger partial charge in [0.2, 0.25) is 0 Å². The van der Waals surface area contributed by atoms with Crippen molar-refractivity contribution in [3.63, 3.8) is 0 Å². The highest BCUT2D eigenvalue weighted by molar-refractivity contribution is 5.79. The summed E-state index contributed by atoms with van der Waals surface area (Å²) in [5.74, 6) is 0.527. The fourth-order valence-corrected chi connectivity index (χ4v) is 8.23. The number of hydrogen-bond donors (Lipinski definition) is 0. The van der Waals surface area contributed by atoms with E-state index in [1.54, 1.807) is 0 Å². The molecule has 0 radical (unpaired) electrons. The van der Waals surface area contributed by atoms with Crippen LogP contribution in [0, 0.1) is 5.92 Å². The standard InChI is InChI=1S/C27H38O.C26H34/c1-10-18-12-22(23-11-17(2)25(28-9)24(23)13-18)19-14-20(26(3,4)5)16-21(15-19)27(6,7)8;1-9-18-12-19-10-17(2)11-23(19)24(13-18)20-14-21(25(3,4)5)16-22(15-20)26(6,7)8/h12-17,25H,10-11H2,1-9H3;10,12-16H,9,11H2,1-8H3. The zero-order valence-corrected chi connectivity index (χ0v) is 37.2. The van der Waals surface area contributed by atoms with Crippen LogP contribution in [0.1, 0.15) is 173 Å². The number of rotatable bonds is 5. The highest BCUT2D eigenvalue weighted by atomic mass is 16.5. The third-order valence-corrected chi connectivity index (χ3v) is 11.9. The van der Waals surface area contributed by atoms with E-state index < -0.39 is 0 Å². The molecule has 4 aromatic rings. The van der Waals surface area contributed by atoms with E-state index >= 15 is 0 Å². The van der Waals surface area contributed by atoms with E-state index in [9.17, 15) is 0 Å². The fourth-order valence-electron chi connectivity index (χ4n) is 8.23. The summed E-state index contributed by atoms with van der Waals surface area (Å²) in [6.45, 7) is 36.9. The molecule has 0 spiro atoms. The summed E-state index contributed by atoms with van der Waals surface area (Å²) >= 11 is 0. The minimum atomic E-state index is 0.129. The van der Waals surface area contributed by atoms with Gasteiger partial charge in [-0.05, 0) is 138 Å². The van der Waals surface area contributed by atoms with Crippen LogP contribution in [0.3, 0.4) is 0 Å². The quantitative estimate of drug-likeness (QED) is 0.199. The van der Waals surface area contributed by atoms with Crippen LogP contribution in [-0.2, 0) is 52.1 Å². The van der Waals surface area contributed by atoms with Crippen LogP contribution < -0.4 is 0 Å². The molecule has 0 amide bonds. The van der Waals surface area contributed by atoms with Crippen molar-refractivity contribution in [2.45, 2.75) is 164 Å². The molecule has 290 valence electrons. The number of allylic oxidation sites excluding steroid dienone is 1. The lowest BCUT2D eigenvalue weighted by Gasteiger charge is -2.27. The summed E-state index contributed by atoms with van der Waals surface area (Å²) in [4.78, 5) is 0. The first-order valence-corrected chi connectivity index (χ1v) is 20.8. The number of ether oxygens (including phenoxy) is 1. The molecule has 0 N–H and O–H groups in total. The van der Waals surface area contributed by atoms with Crippen LogP contribution in [0.2, 0.25) is 0 Å². The molecular weight excluding hydrogens is 653 g/mol. The van der Waals surface area contributed by atoms with Gasteiger partial charge in [0.15, 0.2) is 0 Å². The van der Waals surface area contributed by atoms with Crippen molar-refractivity contribution in [2.24, 2.45) is 5.92 Å². The Morgan fingerprint density at radius 1 is 0.556 bits per heavy atom. The van der Waals surface area contributed by atoms with Gasteiger partial charge >= 0.3 is 0 Å². The maximum Gasteiger partial charge on any atom is 0.0852 e. The third-order valence-electron chi connectivity index (χ3n) is 11.9. The predicted octanol–water partition coefficient (Wildman–Crippen LogP) is 14.9. The van der Waals surface area contributed by atoms with Crippen molar-refractivity contribution in [3.8, 4) is 22.3 Å². The van der Waals surface area contributed by atoms with E-state index in [0.29, 0.717) is 5.92 Å². The number of fused-ring (bicyclic) bond motifs is 2. The second-order valence-corrected chi connectivity index (χ2v) is 20.7. The molecule has 54 heavy (non-hydrogen) atoms. The Morgan fingerprint density at radius 2 is 0.963 bits per heavy atom. The summed E-state index contributed by atoms with van der Waals surface area (Å²) < 4.78 is 5.90. The smallest absolute Gasteiger partial charge is 0.0852 e. The largest absolute Gasteiger partial charge is 0.376 e. The van der Waals surface area contributed by atoms with Crippen LogP contribution in [-0.4, -0.2) is 7.11 Å². The zero-order valence-electron chi connectivity index (χ0n) is 37.2. The van der Waals surface area contributed by atoms with Gasteiger partial charge in [-0.15, -0.1) is 0 Å². The summed E-state index contributed by atoms with van der Waals surface area (Å²) in [5.41, 5.74) is 22.0. The van der Waals surface area contributed by atoms with Gasteiger partial charge in [-0.1, -0.05) is 176 Å². The number of aryl methyl sites for hydroxylation is 2. The molecule has 6 rings (SSSR count). The Labute approximate surface area is 331 Å². The molecule has 4 aromatic carbocycles. The highest BCUT2D eigenvalue weighted by Crippen LogP contribution is 2.45. The Morgan fingerprint density at radius 3 is 1.35 bits per heavy atom. The molecule has 0 saturated heterocycles. The van der Waals surface area contributed by atoms with E-state index in [1.165, 1.54) is 83.5 Å². The number of methoxy groups -OCH3 is 1. The summed E-state index contributed by atoms with van der Waals surface area (Å²) in [7, 11) is 1.85. The van der Waals surface area contributed by atoms with Crippen molar-refractivity contribution in [3.05, 3.63) is 122 Å². The predicted molar refractivity (Wildman–Crippen MR) is 237 cm³/mol. The molecule has 0 saturated carbocycles. The third kappa shape index (κ3) is 8.99. The first-order valence-electron chi connectivity index (χ1n) is 20.8. The number of benzene rings is 4. The van der Waals surface area contributed by atoms with E-state index in [0.717, 1.165) is 25.7 Å². The van der Waals surface area contributed by atoms with Gasteiger partial charge in [0, 0.05) is 7.11 Å². The Hall–Kier alpha value is -3.42. The van der Waals surface area contributed by atoms with Crippen LogP contribution in [0.4, 0.5) is 0 Å². The van der Waals surface area contributed by atoms with Crippen LogP contribution in [0.5, 0.6) is 0 Å². The molecule has 1 heteroatoms. The van der Waals surface area contributed by atoms with Crippen molar-refractivity contribution in [1.82, 2.24) is 0 Å². The Balaban J connectivity index is 0.000000208. The molecular formula is C53H72O. The van der Waals surface area contributed by atoms with Gasteiger partial charge in [0.1, 0.15) is 0 Å². The van der Waals surface area contributed by atoms with Crippen molar-refractivity contribution >= 4 is 6.08 Å². The fraction of sp³-hybridized carbons (Fsp3) is 0.509. The lowest BCUT2D eigenvalue weighted by Crippen LogP contribution is -2.16. The minimum Gasteiger partial charge on any atom is -0.376 e. The normalized spacial score (nSPS) is 17.2. The van der Waals surface area contributed by atoms with Gasteiger partial charge in [-0.3, -0.25) is 0 Å². The monoisotopic (exact) mass is 725 g/mol. The molecule has 2 atom stereocenters. The Kier molecular flexibility index (Phi) is 11.8. The lowest BCUT2D eigenvalue weighted by molar-refractivity contribution is 0.0695. The first kappa shape index (κ1) is 41.7. The summed E-state index contributed by atoms with van der Waals surface area (Å²) in [5, 5.41) is 0. The molecule has 2 aliphatic carbocycles. The summed E-state index contributed by atoms with van der Waals surface area (Å²) in [6.07, 6.45) is 6.90. The first-order chi connectivity index (χ1) is 24.9. The SMILES string of the molecule is CCc1cc(-c2cc(C(C)(C)C)cc(C(C)(C)C)c2)c2c(c1)C(OC)C(C)C2.CCc1cc2c(c(-c3cc(C(C)(C)C)cc(C(C)(C)C)c3)c1)CC(C)=C2. The molecule has 1 nitrogen and oxygen atoms in total. The molecule has 2 aliphatic rings. The van der Waals surface area contributed by atoms with E-state index in [4.69, 9.17) is 4.74 Å². The maximum absolute atomic E-state index is 5.90. The molecule has 0 aliphatic heterocycles. The lowest BCUT2D eigenvalue weighted by atomic mass is 9.78. The molecule has 0 heterocycles. The molecule has 0 aromatic heterocycles. The van der Waals surface area contributed by atoms with Crippen molar-refractivity contribution in [2.75, 3.05) is 7.11 Å². The van der Waals surface area contributed by atoms with Gasteiger partial charge < -0.3 is 4.74 Å². The van der Waals surface area contributed by atoms with E-state index in [2.05, 4.69) is 178 Å². The van der Waals surface area contributed by atoms with Gasteiger partial charge in [0.25, 0.3) is 0 Å². The second-order valence-electron chi connectivity index (χ2n) is 20.7. The highest BCUT2D eigenvalue weighted by Gasteiger charge is 2.33. The second kappa shape index (κ2) is 15.3. The van der Waals surface area contributed by atoms with Crippen molar-refractivity contribution in [1.29, 1.82) is 0 Å². The van der Waals surface area contributed by atoms with Gasteiger partial charge in [0.05, 0.1) is 6.10 Å². The molecule has 0 fully saturated rings. The van der Waals surface area contributed by atoms with E-state index in [-0.39, 0.29) is 27.8 Å². The zero-order chi connectivity index (χ0) is 40.1. The van der Waals surface area contributed by atoms with E-state index in [1.807, 2.05) is 7.11 Å². The summed E-state index contributed by atoms with van der Waals surface area (Å²) in [6, 6.07) is 24.2. The average Bonchev–Trinajstić information content (AvgIpc) is 3.62. The number of hydrogen-bond acceptors (Lipinski definition) is 1. The van der Waals surface area contributed by atoms with Gasteiger partial charge in [-0.25, -0.2) is 0 Å². The van der Waals surface area contributed by atoms with Gasteiger partial charge in [-0.2, -0.15) is 0 Å². The molecule has 2 unspecified atom stereocenters. The van der Waals surface area contributed by atoms with Crippen LogP contribution in [0.25, 0.3) is 28.3 Å². The van der Waals surface area contributed by atoms with Crippen molar-refractivity contribution < 1.29 is 4.74 Å².